The summed E-state index contributed by atoms with van der Waals surface area (Å²) in [7, 11) is 0. The van der Waals surface area contributed by atoms with Gasteiger partial charge < -0.3 is 5.32 Å². The topological polar surface area (TPSA) is 24.9 Å². The Morgan fingerprint density at radius 3 is 3.00 bits per heavy atom. The molecule has 0 fully saturated rings. The first-order valence-corrected chi connectivity index (χ1v) is 5.07. The summed E-state index contributed by atoms with van der Waals surface area (Å²) in [6.45, 7) is 2.26. The van der Waals surface area contributed by atoms with Crippen LogP contribution in [0.4, 0.5) is 14.5 Å². The molecule has 0 aliphatic rings. The van der Waals surface area contributed by atoms with Crippen molar-refractivity contribution in [1.29, 1.82) is 0 Å². The van der Waals surface area contributed by atoms with Crippen LogP contribution < -0.4 is 5.32 Å². The van der Waals surface area contributed by atoms with E-state index in [0.717, 1.165) is 0 Å². The van der Waals surface area contributed by atoms with Crippen molar-refractivity contribution in [1.82, 2.24) is 4.98 Å². The van der Waals surface area contributed by atoms with Crippen LogP contribution in [-0.2, 0) is 0 Å². The number of halogens is 2. The minimum atomic E-state index is -0.608. The van der Waals surface area contributed by atoms with Crippen molar-refractivity contribution in [3.63, 3.8) is 0 Å². The van der Waals surface area contributed by atoms with Gasteiger partial charge in [0.05, 0.1) is 10.2 Å². The number of aromatic nitrogens is 1. The number of thiazole rings is 1. The van der Waals surface area contributed by atoms with Gasteiger partial charge in [-0.1, -0.05) is 0 Å². The summed E-state index contributed by atoms with van der Waals surface area (Å²) < 4.78 is 27.4. The van der Waals surface area contributed by atoms with Crippen molar-refractivity contribution in [2.75, 3.05) is 11.9 Å². The highest BCUT2D eigenvalue weighted by Gasteiger charge is 2.14. The van der Waals surface area contributed by atoms with Crippen LogP contribution >= 0.6 is 11.3 Å². The van der Waals surface area contributed by atoms with E-state index in [1.54, 1.807) is 6.92 Å². The smallest absolute Gasteiger partial charge is 0.176 e. The number of rotatable bonds is 2. The summed E-state index contributed by atoms with van der Waals surface area (Å²) in [5, 5.41) is 2.64. The molecule has 2 aromatic rings. The maximum atomic E-state index is 13.6. The molecule has 5 heteroatoms. The van der Waals surface area contributed by atoms with Gasteiger partial charge in [0, 0.05) is 6.54 Å². The minimum absolute atomic E-state index is 0.0918. The van der Waals surface area contributed by atoms with Crippen molar-refractivity contribution >= 4 is 27.2 Å². The standard InChI is InChI=1S/C9H8F2N2S/c1-2-12-8-5(10)3-6-9(7(8)11)13-4-14-6/h3-4,12H,2H2,1H3. The fourth-order valence-corrected chi connectivity index (χ4v) is 1.97. The highest BCUT2D eigenvalue weighted by molar-refractivity contribution is 7.16. The Balaban J connectivity index is 2.69. The van der Waals surface area contributed by atoms with Crippen LogP contribution in [0, 0.1) is 11.6 Å². The number of nitrogens with one attached hydrogen (secondary N) is 1. The second-order valence-electron chi connectivity index (χ2n) is 2.78. The van der Waals surface area contributed by atoms with Gasteiger partial charge in [0.15, 0.2) is 11.6 Å². The van der Waals surface area contributed by atoms with E-state index in [0.29, 0.717) is 11.2 Å². The number of fused-ring (bicyclic) bond motifs is 1. The molecule has 1 aromatic heterocycles. The van der Waals surface area contributed by atoms with Crippen molar-refractivity contribution < 1.29 is 8.78 Å². The number of hydrogen-bond donors (Lipinski definition) is 1. The van der Waals surface area contributed by atoms with Crippen LogP contribution in [0.3, 0.4) is 0 Å². The average molecular weight is 214 g/mol. The first-order chi connectivity index (χ1) is 6.74. The highest BCUT2D eigenvalue weighted by atomic mass is 32.1. The minimum Gasteiger partial charge on any atom is -0.381 e. The van der Waals surface area contributed by atoms with Gasteiger partial charge in [-0.15, -0.1) is 11.3 Å². The van der Waals surface area contributed by atoms with Gasteiger partial charge in [-0.25, -0.2) is 13.8 Å². The number of hydrogen-bond acceptors (Lipinski definition) is 3. The molecule has 0 saturated carbocycles. The lowest BCUT2D eigenvalue weighted by Gasteiger charge is -2.06. The quantitative estimate of drug-likeness (QED) is 0.831. The molecule has 74 valence electrons. The SMILES string of the molecule is CCNc1c(F)cc2scnc2c1F. The summed E-state index contributed by atoms with van der Waals surface area (Å²) >= 11 is 1.22. The predicted molar refractivity (Wildman–Crippen MR) is 53.7 cm³/mol. The van der Waals surface area contributed by atoms with Gasteiger partial charge in [0.2, 0.25) is 0 Å². The Kier molecular flexibility index (Phi) is 2.33. The zero-order valence-electron chi connectivity index (χ0n) is 7.47. The third-order valence-electron chi connectivity index (χ3n) is 1.87. The third-order valence-corrected chi connectivity index (χ3v) is 2.65. The molecule has 0 aliphatic heterocycles. The molecule has 1 aromatic carbocycles. The molecule has 2 nitrogen and oxygen atoms in total. The van der Waals surface area contributed by atoms with Crippen LogP contribution in [0.15, 0.2) is 11.6 Å². The fourth-order valence-electron chi connectivity index (χ4n) is 1.27. The van der Waals surface area contributed by atoms with E-state index < -0.39 is 11.6 Å². The van der Waals surface area contributed by atoms with E-state index in [1.165, 1.54) is 22.9 Å². The van der Waals surface area contributed by atoms with Crippen LogP contribution in [0.5, 0.6) is 0 Å². The monoisotopic (exact) mass is 214 g/mol. The molecule has 0 aliphatic carbocycles. The molecule has 0 bridgehead atoms. The first kappa shape index (κ1) is 9.33. The maximum Gasteiger partial charge on any atom is 0.176 e. The molecular formula is C9H8F2N2S. The molecule has 0 saturated heterocycles. The second-order valence-corrected chi connectivity index (χ2v) is 3.66. The molecule has 0 amide bonds. The predicted octanol–water partition coefficient (Wildman–Crippen LogP) is 3.01. The van der Waals surface area contributed by atoms with Crippen LogP contribution in [0.2, 0.25) is 0 Å². The van der Waals surface area contributed by atoms with E-state index in [4.69, 9.17) is 0 Å². The summed E-state index contributed by atoms with van der Waals surface area (Å²) in [5.74, 6) is -1.18. The van der Waals surface area contributed by atoms with Crippen LogP contribution in [0.1, 0.15) is 6.92 Å². The molecule has 1 heterocycles. The van der Waals surface area contributed by atoms with Crippen molar-refractivity contribution in [3.8, 4) is 0 Å². The van der Waals surface area contributed by atoms with E-state index in [-0.39, 0.29) is 11.2 Å². The summed E-state index contributed by atoms with van der Waals surface area (Å²) in [6.07, 6.45) is 0. The second kappa shape index (κ2) is 3.49. The van der Waals surface area contributed by atoms with E-state index in [9.17, 15) is 8.78 Å². The summed E-state index contributed by atoms with van der Waals surface area (Å²) in [4.78, 5) is 3.84. The van der Waals surface area contributed by atoms with Gasteiger partial charge in [-0.05, 0) is 13.0 Å². The number of benzene rings is 1. The normalized spacial score (nSPS) is 10.8. The summed E-state index contributed by atoms with van der Waals surface area (Å²) in [6, 6.07) is 1.30. The molecule has 14 heavy (non-hydrogen) atoms. The van der Waals surface area contributed by atoms with E-state index >= 15 is 0 Å². The van der Waals surface area contributed by atoms with Crippen LogP contribution in [0.25, 0.3) is 10.2 Å². The molecule has 0 atom stereocenters. The van der Waals surface area contributed by atoms with Crippen molar-refractivity contribution in [3.05, 3.63) is 23.2 Å². The molecule has 1 N–H and O–H groups in total. The first-order valence-electron chi connectivity index (χ1n) is 4.19. The molecule has 2 rings (SSSR count). The molecular weight excluding hydrogens is 206 g/mol. The Bertz CT molecular complexity index is 467. The highest BCUT2D eigenvalue weighted by Crippen LogP contribution is 2.28. The van der Waals surface area contributed by atoms with E-state index in [1.807, 2.05) is 0 Å². The van der Waals surface area contributed by atoms with Crippen LogP contribution in [-0.4, -0.2) is 11.5 Å². The largest absolute Gasteiger partial charge is 0.381 e. The molecule has 0 radical (unpaired) electrons. The Morgan fingerprint density at radius 2 is 2.29 bits per heavy atom. The molecule has 0 unspecified atom stereocenters. The van der Waals surface area contributed by atoms with Crippen molar-refractivity contribution in [2.24, 2.45) is 0 Å². The molecule has 0 spiro atoms. The van der Waals surface area contributed by atoms with Gasteiger partial charge in [0.1, 0.15) is 11.2 Å². The van der Waals surface area contributed by atoms with Crippen molar-refractivity contribution in [2.45, 2.75) is 6.92 Å². The number of anilines is 1. The van der Waals surface area contributed by atoms with Gasteiger partial charge in [0.25, 0.3) is 0 Å². The van der Waals surface area contributed by atoms with E-state index in [2.05, 4.69) is 10.3 Å². The average Bonchev–Trinajstić information content (AvgIpc) is 2.60. The van der Waals surface area contributed by atoms with Gasteiger partial charge in [-0.2, -0.15) is 0 Å². The fraction of sp³-hybridized carbons (Fsp3) is 0.222. The lowest BCUT2D eigenvalue weighted by Crippen LogP contribution is -2.02. The third kappa shape index (κ3) is 1.33. The van der Waals surface area contributed by atoms with Gasteiger partial charge in [-0.3, -0.25) is 0 Å². The van der Waals surface area contributed by atoms with Gasteiger partial charge >= 0.3 is 0 Å². The Morgan fingerprint density at radius 1 is 1.50 bits per heavy atom. The Hall–Kier alpha value is -1.23. The maximum absolute atomic E-state index is 13.6. The Labute approximate surface area is 83.6 Å². The lowest BCUT2D eigenvalue weighted by molar-refractivity contribution is 0.596. The zero-order valence-corrected chi connectivity index (χ0v) is 8.29. The lowest BCUT2D eigenvalue weighted by atomic mass is 10.2. The summed E-state index contributed by atoms with van der Waals surface area (Å²) in [5.41, 5.74) is 1.64. The number of nitrogens with zero attached hydrogens (tertiary/aromatic N) is 1. The zero-order chi connectivity index (χ0) is 10.1.